The van der Waals surface area contributed by atoms with Gasteiger partial charge < -0.3 is 0 Å². The van der Waals surface area contributed by atoms with Crippen LogP contribution in [0.4, 0.5) is 0 Å². The molecule has 0 saturated carbocycles. The fraction of sp³-hybridized carbons (Fsp3) is 0.438. The minimum absolute atomic E-state index is 0.0913. The van der Waals surface area contributed by atoms with Gasteiger partial charge in [-0.3, -0.25) is 9.20 Å². The van der Waals surface area contributed by atoms with E-state index in [1.165, 1.54) is 11.1 Å². The number of rotatable bonds is 0. The van der Waals surface area contributed by atoms with Gasteiger partial charge in [0.2, 0.25) is 0 Å². The highest BCUT2D eigenvalue weighted by Crippen LogP contribution is 2.18. The van der Waals surface area contributed by atoms with Gasteiger partial charge in [0.05, 0.1) is 5.52 Å². The zero-order valence-corrected chi connectivity index (χ0v) is 12.6. The number of pyridine rings is 1. The van der Waals surface area contributed by atoms with Crippen LogP contribution >= 0.6 is 0 Å². The summed E-state index contributed by atoms with van der Waals surface area (Å²) in [6.07, 6.45) is 0. The first-order valence-corrected chi connectivity index (χ1v) is 6.48. The lowest BCUT2D eigenvalue weighted by Crippen LogP contribution is -2.25. The van der Waals surface area contributed by atoms with Crippen molar-refractivity contribution < 1.29 is 0 Å². The van der Waals surface area contributed by atoms with Gasteiger partial charge in [-0.25, -0.2) is 0 Å². The number of aromatic nitrogens is 1. The van der Waals surface area contributed by atoms with Gasteiger partial charge in [0.25, 0.3) is 5.56 Å². The Hall–Kier alpha value is -1.57. The average Bonchev–Trinajstić information content (AvgIpc) is 2.61. The van der Waals surface area contributed by atoms with Crippen LogP contribution in [-0.2, 0) is 0 Å². The summed E-state index contributed by atoms with van der Waals surface area (Å²) in [6.45, 7) is 18.0. The highest BCUT2D eigenvalue weighted by molar-refractivity contribution is 5.64. The van der Waals surface area contributed by atoms with Crippen LogP contribution in [0.15, 0.2) is 4.79 Å². The summed E-state index contributed by atoms with van der Waals surface area (Å²) in [6, 6.07) is 0. The molecule has 0 aliphatic carbocycles. The molecule has 0 aromatic carbocycles. The summed E-state index contributed by atoms with van der Waals surface area (Å²) in [5.41, 5.74) is 6.28. The Morgan fingerprint density at radius 2 is 1.33 bits per heavy atom. The average molecular weight is 245 g/mol. The first-order valence-electron chi connectivity index (χ1n) is 6.48. The highest BCUT2D eigenvalue weighted by Gasteiger charge is 2.14. The summed E-state index contributed by atoms with van der Waals surface area (Å²) >= 11 is 0. The van der Waals surface area contributed by atoms with Crippen molar-refractivity contribution in [2.24, 2.45) is 0 Å². The van der Waals surface area contributed by atoms with Crippen LogP contribution in [0, 0.1) is 34.6 Å². The van der Waals surface area contributed by atoms with E-state index in [1.54, 1.807) is 4.40 Å². The maximum Gasteiger partial charge on any atom is 0.258 e. The molecule has 0 radical (unpaired) electrons. The van der Waals surface area contributed by atoms with Crippen molar-refractivity contribution in [3.05, 3.63) is 43.5 Å². The molecule has 2 aromatic heterocycles. The number of fused-ring (bicyclic) bond motifs is 1. The molecule has 2 rings (SSSR count). The third-order valence-electron chi connectivity index (χ3n) is 3.84. The minimum Gasteiger partial charge on any atom is -0.280 e. The number of nitrogens with zero attached hydrogens (tertiary/aromatic N) is 1. The number of aryl methyl sites for hydroxylation is 2. The van der Waals surface area contributed by atoms with Crippen molar-refractivity contribution in [2.45, 2.75) is 48.5 Å². The van der Waals surface area contributed by atoms with Crippen molar-refractivity contribution in [1.82, 2.24) is 4.40 Å². The molecule has 0 N–H and O–H groups in total. The van der Waals surface area contributed by atoms with Crippen molar-refractivity contribution in [3.8, 4) is 0 Å². The van der Waals surface area contributed by atoms with Crippen LogP contribution in [0.3, 0.4) is 0 Å². The summed E-state index contributed by atoms with van der Waals surface area (Å²) in [5.74, 6) is 0. The van der Waals surface area contributed by atoms with Crippen LogP contribution in [-0.4, -0.2) is 4.40 Å². The van der Waals surface area contributed by atoms with Crippen LogP contribution in [0.5, 0.6) is 0 Å². The van der Waals surface area contributed by atoms with E-state index < -0.39 is 0 Å². The second-order valence-electron chi connectivity index (χ2n) is 4.55. The molecule has 18 heavy (non-hydrogen) atoms. The molecule has 0 saturated heterocycles. The first-order chi connectivity index (χ1) is 8.37. The van der Waals surface area contributed by atoms with Gasteiger partial charge in [0.15, 0.2) is 0 Å². The van der Waals surface area contributed by atoms with E-state index in [0.29, 0.717) is 0 Å². The third kappa shape index (κ3) is 1.76. The van der Waals surface area contributed by atoms with Gasteiger partial charge in [0, 0.05) is 11.3 Å². The second kappa shape index (κ2) is 4.97. The summed E-state index contributed by atoms with van der Waals surface area (Å²) in [7, 11) is 0. The van der Waals surface area contributed by atoms with E-state index in [1.807, 2.05) is 34.6 Å². The molecule has 0 aliphatic heterocycles. The fourth-order valence-electron chi connectivity index (χ4n) is 2.30. The smallest absolute Gasteiger partial charge is 0.258 e. The molecule has 2 aromatic rings. The van der Waals surface area contributed by atoms with Crippen molar-refractivity contribution in [2.75, 3.05) is 0 Å². The normalized spacial score (nSPS) is 10.4. The van der Waals surface area contributed by atoms with Crippen LogP contribution in [0.1, 0.15) is 41.8 Å². The summed E-state index contributed by atoms with van der Waals surface area (Å²) in [4.78, 5) is 12.2. The van der Waals surface area contributed by atoms with E-state index >= 15 is 0 Å². The van der Waals surface area contributed by atoms with Crippen molar-refractivity contribution in [3.63, 3.8) is 0 Å². The van der Waals surface area contributed by atoms with E-state index in [-0.39, 0.29) is 5.56 Å². The Morgan fingerprint density at radius 3 is 1.83 bits per heavy atom. The molecule has 0 fully saturated rings. The minimum atomic E-state index is 0.0913. The largest absolute Gasteiger partial charge is 0.280 e. The van der Waals surface area contributed by atoms with Gasteiger partial charge in [-0.05, 0) is 56.5 Å². The Labute approximate surface area is 109 Å². The molecule has 2 heterocycles. The maximum atomic E-state index is 12.2. The fourth-order valence-corrected chi connectivity index (χ4v) is 2.30. The van der Waals surface area contributed by atoms with E-state index in [4.69, 9.17) is 0 Å². The Kier molecular flexibility index (Phi) is 4.00. The topological polar surface area (TPSA) is 21.5 Å². The quantitative estimate of drug-likeness (QED) is 0.699. The zero-order valence-electron chi connectivity index (χ0n) is 12.6. The van der Waals surface area contributed by atoms with Crippen molar-refractivity contribution in [1.29, 1.82) is 0 Å². The van der Waals surface area contributed by atoms with Crippen LogP contribution in [0.2, 0.25) is 0 Å². The summed E-state index contributed by atoms with van der Waals surface area (Å²) in [5, 5.41) is 0.978. The molecule has 98 valence electrons. The summed E-state index contributed by atoms with van der Waals surface area (Å²) < 4.78 is 1.80. The monoisotopic (exact) mass is 245 g/mol. The van der Waals surface area contributed by atoms with E-state index in [0.717, 1.165) is 27.6 Å². The first kappa shape index (κ1) is 14.5. The standard InChI is InChI=1S/C14H17NO.C2H6/c1-7-9(3)13-10(4)8(2)12(6)15(13)14(16)11(7)5;1-2/h3H2,1-2,4-6H3;1-2H3. The maximum absolute atomic E-state index is 12.2. The third-order valence-corrected chi connectivity index (χ3v) is 3.84. The van der Waals surface area contributed by atoms with Gasteiger partial charge in [-0.2, -0.15) is 0 Å². The number of hydrogen-bond acceptors (Lipinski definition) is 1. The van der Waals surface area contributed by atoms with E-state index in [2.05, 4.69) is 20.4 Å². The number of hydrogen-bond donors (Lipinski definition) is 0. The predicted molar refractivity (Wildman–Crippen MR) is 79.4 cm³/mol. The van der Waals surface area contributed by atoms with Gasteiger partial charge >= 0.3 is 0 Å². The lowest BCUT2D eigenvalue weighted by atomic mass is 10.1. The molecule has 2 heteroatoms. The molecule has 0 spiro atoms. The van der Waals surface area contributed by atoms with Crippen LogP contribution < -0.4 is 10.8 Å². The Balaban J connectivity index is 0.000000771. The van der Waals surface area contributed by atoms with Crippen LogP contribution in [0.25, 0.3) is 12.1 Å². The SMILES string of the molecule is C=c1c(C)c(C)c(=O)n2c(C)c(C)c(C)c12.CC. The molecule has 0 bridgehead atoms. The Morgan fingerprint density at radius 1 is 0.833 bits per heavy atom. The predicted octanol–water partition coefficient (Wildman–Crippen LogP) is 3.00. The Bertz CT molecular complexity index is 634. The second-order valence-corrected chi connectivity index (χ2v) is 4.55. The zero-order chi connectivity index (χ0) is 14.2. The van der Waals surface area contributed by atoms with Crippen molar-refractivity contribution >= 4 is 12.1 Å². The van der Waals surface area contributed by atoms with Gasteiger partial charge in [-0.1, -0.05) is 20.4 Å². The van der Waals surface area contributed by atoms with E-state index in [9.17, 15) is 4.79 Å². The molecule has 0 amide bonds. The molecule has 0 atom stereocenters. The molecular weight excluding hydrogens is 222 g/mol. The lowest BCUT2D eigenvalue weighted by Gasteiger charge is -2.05. The highest BCUT2D eigenvalue weighted by atomic mass is 16.1. The van der Waals surface area contributed by atoms with Gasteiger partial charge in [-0.15, -0.1) is 0 Å². The van der Waals surface area contributed by atoms with Gasteiger partial charge in [0.1, 0.15) is 0 Å². The molecule has 0 aliphatic rings. The lowest BCUT2D eigenvalue weighted by molar-refractivity contribution is 1.00. The molecule has 2 nitrogen and oxygen atoms in total. The molecule has 0 unspecified atom stereocenters. The molecular formula is C16H23NO.